The molecule has 0 saturated carbocycles. The molecule has 0 atom stereocenters. The van der Waals surface area contributed by atoms with Crippen LogP contribution in [0.25, 0.3) is 0 Å². The van der Waals surface area contributed by atoms with E-state index in [1.807, 2.05) is 36.4 Å². The van der Waals surface area contributed by atoms with E-state index in [1.165, 1.54) is 0 Å². The number of aryl methyl sites for hydroxylation is 2. The van der Waals surface area contributed by atoms with E-state index in [4.69, 9.17) is 0 Å². The fraction of sp³-hybridized carbons (Fsp3) is 0.174. The molecule has 3 aromatic rings. The Morgan fingerprint density at radius 2 is 1.12 bits per heavy atom. The summed E-state index contributed by atoms with van der Waals surface area (Å²) < 4.78 is 0. The lowest BCUT2D eigenvalue weighted by Gasteiger charge is -2.21. The highest BCUT2D eigenvalue weighted by Crippen LogP contribution is 2.39. The molecule has 0 amide bonds. The highest BCUT2D eigenvalue weighted by Gasteiger charge is 2.26. The van der Waals surface area contributed by atoms with Crippen LogP contribution in [0.2, 0.25) is 0 Å². The minimum Gasteiger partial charge on any atom is -0.288 e. The van der Waals surface area contributed by atoms with Crippen LogP contribution in [0.3, 0.4) is 0 Å². The van der Waals surface area contributed by atoms with Crippen molar-refractivity contribution in [2.24, 2.45) is 0 Å². The SMILES string of the molecule is CCc1cccc(CC)c1C(=O)P(c1ccccc1)c1ccccc1. The quantitative estimate of drug-likeness (QED) is 0.569. The summed E-state index contributed by atoms with van der Waals surface area (Å²) in [5.41, 5.74) is 3.51. The molecular weight excluding hydrogens is 323 g/mol. The van der Waals surface area contributed by atoms with Crippen molar-refractivity contribution < 1.29 is 4.79 Å². The molecule has 0 N–H and O–H groups in total. The van der Waals surface area contributed by atoms with Crippen LogP contribution in [-0.2, 0) is 12.8 Å². The van der Waals surface area contributed by atoms with Gasteiger partial charge >= 0.3 is 0 Å². The molecule has 0 fully saturated rings. The monoisotopic (exact) mass is 346 g/mol. The Morgan fingerprint density at radius 1 is 0.680 bits per heavy atom. The molecule has 1 nitrogen and oxygen atoms in total. The predicted molar refractivity (Wildman–Crippen MR) is 109 cm³/mol. The normalized spacial score (nSPS) is 10.8. The van der Waals surface area contributed by atoms with Gasteiger partial charge in [-0.05, 0) is 34.6 Å². The number of carbonyl (C=O) groups is 1. The van der Waals surface area contributed by atoms with E-state index in [1.54, 1.807) is 0 Å². The largest absolute Gasteiger partial charge is 0.288 e. The Labute approximate surface area is 151 Å². The molecule has 0 aliphatic heterocycles. The van der Waals surface area contributed by atoms with Crippen LogP contribution in [0, 0.1) is 0 Å². The van der Waals surface area contributed by atoms with Gasteiger partial charge in [-0.15, -0.1) is 0 Å². The van der Waals surface area contributed by atoms with Crippen molar-refractivity contribution >= 4 is 24.1 Å². The third kappa shape index (κ3) is 3.72. The molecule has 0 aromatic heterocycles. The van der Waals surface area contributed by atoms with Crippen LogP contribution in [0.5, 0.6) is 0 Å². The zero-order valence-electron chi connectivity index (χ0n) is 14.8. The van der Waals surface area contributed by atoms with Crippen LogP contribution >= 0.6 is 7.92 Å². The van der Waals surface area contributed by atoms with Crippen LogP contribution < -0.4 is 10.6 Å². The summed E-state index contributed by atoms with van der Waals surface area (Å²) in [4.78, 5) is 13.7. The van der Waals surface area contributed by atoms with Gasteiger partial charge in [0.05, 0.1) is 0 Å². The molecular formula is C23H23OP. The van der Waals surface area contributed by atoms with Crippen LogP contribution in [0.1, 0.15) is 35.3 Å². The van der Waals surface area contributed by atoms with E-state index in [9.17, 15) is 4.79 Å². The van der Waals surface area contributed by atoms with Gasteiger partial charge in [-0.25, -0.2) is 0 Å². The van der Waals surface area contributed by atoms with E-state index in [-0.39, 0.29) is 5.52 Å². The zero-order chi connectivity index (χ0) is 17.6. The number of carbonyl (C=O) groups excluding carboxylic acids is 1. The van der Waals surface area contributed by atoms with Crippen molar-refractivity contribution in [3.63, 3.8) is 0 Å². The lowest BCUT2D eigenvalue weighted by Crippen LogP contribution is -2.20. The Kier molecular flexibility index (Phi) is 5.79. The van der Waals surface area contributed by atoms with E-state index >= 15 is 0 Å². The molecule has 3 aromatic carbocycles. The van der Waals surface area contributed by atoms with Crippen molar-refractivity contribution in [3.05, 3.63) is 95.6 Å². The van der Waals surface area contributed by atoms with Crippen molar-refractivity contribution in [3.8, 4) is 0 Å². The van der Waals surface area contributed by atoms with Gasteiger partial charge in [-0.1, -0.05) is 92.7 Å². The lowest BCUT2D eigenvalue weighted by atomic mass is 9.98. The molecule has 25 heavy (non-hydrogen) atoms. The first kappa shape index (κ1) is 17.6. The molecule has 0 spiro atoms. The third-order valence-corrected chi connectivity index (χ3v) is 6.70. The standard InChI is InChI=1S/C23H23OP/c1-3-18-12-11-13-19(4-2)22(18)23(24)25(20-14-7-5-8-15-20)21-16-9-6-10-17-21/h5-17H,3-4H2,1-2H3. The molecule has 126 valence electrons. The number of hydrogen-bond acceptors (Lipinski definition) is 1. The first-order valence-corrected chi connectivity index (χ1v) is 10.2. The summed E-state index contributed by atoms with van der Waals surface area (Å²) in [6, 6.07) is 26.7. The number of rotatable bonds is 6. The molecule has 0 heterocycles. The Hall–Kier alpha value is -2.24. The molecule has 2 heteroatoms. The van der Waals surface area contributed by atoms with Gasteiger partial charge in [0.25, 0.3) is 0 Å². The van der Waals surface area contributed by atoms with Crippen LogP contribution in [0.15, 0.2) is 78.9 Å². The van der Waals surface area contributed by atoms with Gasteiger partial charge in [0.15, 0.2) is 5.52 Å². The lowest BCUT2D eigenvalue weighted by molar-refractivity contribution is 0.108. The second-order valence-electron chi connectivity index (χ2n) is 5.97. The molecule has 0 unspecified atom stereocenters. The van der Waals surface area contributed by atoms with Crippen molar-refractivity contribution in [2.45, 2.75) is 26.7 Å². The highest BCUT2D eigenvalue weighted by molar-refractivity contribution is 7.88. The first-order valence-electron chi connectivity index (χ1n) is 8.81. The maximum Gasteiger partial charge on any atom is 0.193 e. The Bertz CT molecular complexity index is 779. The van der Waals surface area contributed by atoms with E-state index in [0.29, 0.717) is 0 Å². The molecule has 3 rings (SSSR count). The average Bonchev–Trinajstić information content (AvgIpc) is 2.69. The number of hydrogen-bond donors (Lipinski definition) is 0. The van der Waals surface area contributed by atoms with Gasteiger partial charge in [0, 0.05) is 13.5 Å². The molecule has 0 aliphatic carbocycles. The first-order chi connectivity index (χ1) is 12.3. The van der Waals surface area contributed by atoms with E-state index in [2.05, 4.69) is 56.3 Å². The van der Waals surface area contributed by atoms with E-state index < -0.39 is 7.92 Å². The summed E-state index contributed by atoms with van der Waals surface area (Å²) in [7, 11) is -1.07. The number of benzene rings is 3. The second-order valence-corrected chi connectivity index (χ2v) is 8.08. The predicted octanol–water partition coefficient (Wildman–Crippen LogP) is 5.08. The Balaban J connectivity index is 2.17. The molecule has 0 saturated heterocycles. The van der Waals surface area contributed by atoms with Crippen molar-refractivity contribution in [1.29, 1.82) is 0 Å². The zero-order valence-corrected chi connectivity index (χ0v) is 15.7. The van der Waals surface area contributed by atoms with Gasteiger partial charge in [-0.3, -0.25) is 4.79 Å². The summed E-state index contributed by atoms with van der Waals surface area (Å²) in [5, 5.41) is 2.23. The minimum absolute atomic E-state index is 0.265. The third-order valence-electron chi connectivity index (χ3n) is 4.44. The topological polar surface area (TPSA) is 17.1 Å². The maximum atomic E-state index is 13.7. The Morgan fingerprint density at radius 3 is 1.52 bits per heavy atom. The smallest absolute Gasteiger partial charge is 0.193 e. The second kappa shape index (κ2) is 8.23. The molecule has 0 bridgehead atoms. The molecule has 0 radical (unpaired) electrons. The van der Waals surface area contributed by atoms with Crippen molar-refractivity contribution in [2.75, 3.05) is 0 Å². The fourth-order valence-electron chi connectivity index (χ4n) is 3.17. The van der Waals surface area contributed by atoms with Crippen LogP contribution in [0.4, 0.5) is 0 Å². The van der Waals surface area contributed by atoms with Gasteiger partial charge < -0.3 is 0 Å². The summed E-state index contributed by atoms with van der Waals surface area (Å²) >= 11 is 0. The average molecular weight is 346 g/mol. The minimum atomic E-state index is -1.07. The summed E-state index contributed by atoms with van der Waals surface area (Å²) in [6.45, 7) is 4.25. The van der Waals surface area contributed by atoms with E-state index in [0.717, 1.165) is 40.1 Å². The fourth-order valence-corrected chi connectivity index (χ4v) is 5.39. The summed E-state index contributed by atoms with van der Waals surface area (Å²) in [6.07, 6.45) is 1.75. The van der Waals surface area contributed by atoms with Gasteiger partial charge in [0.2, 0.25) is 0 Å². The maximum absolute atomic E-state index is 13.7. The molecule has 0 aliphatic rings. The van der Waals surface area contributed by atoms with Crippen molar-refractivity contribution in [1.82, 2.24) is 0 Å². The summed E-state index contributed by atoms with van der Waals surface area (Å²) in [5.74, 6) is 0. The van der Waals surface area contributed by atoms with Gasteiger partial charge in [0.1, 0.15) is 0 Å². The highest BCUT2D eigenvalue weighted by atomic mass is 31.1. The van der Waals surface area contributed by atoms with Crippen LogP contribution in [-0.4, -0.2) is 5.52 Å². The van der Waals surface area contributed by atoms with Gasteiger partial charge in [-0.2, -0.15) is 0 Å².